The molecule has 0 bridgehead atoms. The van der Waals surface area contributed by atoms with Crippen molar-refractivity contribution in [2.24, 2.45) is 0 Å². The van der Waals surface area contributed by atoms with Crippen molar-refractivity contribution in [3.8, 4) is 0 Å². The van der Waals surface area contributed by atoms with Gasteiger partial charge in [-0.25, -0.2) is 8.42 Å². The molecule has 1 aromatic carbocycles. The van der Waals surface area contributed by atoms with Gasteiger partial charge in [-0.05, 0) is 20.2 Å². The molecule has 0 saturated heterocycles. The molecule has 0 aromatic heterocycles. The summed E-state index contributed by atoms with van der Waals surface area (Å²) in [5.74, 6) is 0.0692. The number of benzene rings is 1. The standard InChI is InChI=1S/C12H17NO3S/c1-13(2)7-8-16-11-9-17(14,15)12-6-4-3-5-10(11)12/h3-6,11H,7-9H2,1-2H3. The molecule has 1 atom stereocenters. The number of hydrogen-bond acceptors (Lipinski definition) is 4. The molecule has 17 heavy (non-hydrogen) atoms. The largest absolute Gasteiger partial charge is 0.371 e. The van der Waals surface area contributed by atoms with Crippen molar-refractivity contribution in [3.63, 3.8) is 0 Å². The normalized spacial score (nSPS) is 21.7. The minimum absolute atomic E-state index is 0.0692. The van der Waals surface area contributed by atoms with Gasteiger partial charge < -0.3 is 9.64 Å². The lowest BCUT2D eigenvalue weighted by atomic mass is 10.1. The molecule has 0 radical (unpaired) electrons. The van der Waals surface area contributed by atoms with Crippen molar-refractivity contribution in [2.45, 2.75) is 11.0 Å². The van der Waals surface area contributed by atoms with E-state index < -0.39 is 9.84 Å². The molecule has 0 fully saturated rings. The lowest BCUT2D eigenvalue weighted by Gasteiger charge is -2.14. The predicted molar refractivity (Wildman–Crippen MR) is 65.7 cm³/mol. The highest BCUT2D eigenvalue weighted by atomic mass is 32.2. The molecule has 0 amide bonds. The van der Waals surface area contributed by atoms with E-state index in [4.69, 9.17) is 4.74 Å². The van der Waals surface area contributed by atoms with Gasteiger partial charge in [0.15, 0.2) is 9.84 Å². The van der Waals surface area contributed by atoms with E-state index in [0.717, 1.165) is 12.1 Å². The molecule has 94 valence electrons. The summed E-state index contributed by atoms with van der Waals surface area (Å²) in [6.07, 6.45) is -0.309. The van der Waals surface area contributed by atoms with Crippen LogP contribution < -0.4 is 0 Å². The second-order valence-electron chi connectivity index (χ2n) is 4.48. The summed E-state index contributed by atoms with van der Waals surface area (Å²) < 4.78 is 29.4. The topological polar surface area (TPSA) is 46.6 Å². The molecule has 1 heterocycles. The number of hydrogen-bond donors (Lipinski definition) is 0. The fraction of sp³-hybridized carbons (Fsp3) is 0.500. The van der Waals surface area contributed by atoms with E-state index in [-0.39, 0.29) is 11.9 Å². The summed E-state index contributed by atoms with van der Waals surface area (Å²) in [5.41, 5.74) is 0.797. The Kier molecular flexibility index (Phi) is 3.51. The Labute approximate surface area is 102 Å². The van der Waals surface area contributed by atoms with Crippen LogP contribution in [-0.2, 0) is 14.6 Å². The maximum Gasteiger partial charge on any atom is 0.181 e. The van der Waals surface area contributed by atoms with Gasteiger partial charge in [0.1, 0.15) is 0 Å². The maximum atomic E-state index is 11.9. The van der Waals surface area contributed by atoms with Crippen molar-refractivity contribution in [1.82, 2.24) is 4.90 Å². The third-order valence-electron chi connectivity index (χ3n) is 2.83. The summed E-state index contributed by atoms with van der Waals surface area (Å²) in [4.78, 5) is 2.44. The van der Waals surface area contributed by atoms with Crippen LogP contribution in [0.5, 0.6) is 0 Å². The van der Waals surface area contributed by atoms with Crippen molar-refractivity contribution in [2.75, 3.05) is 33.0 Å². The van der Waals surface area contributed by atoms with Crippen LogP contribution in [0.1, 0.15) is 11.7 Å². The molecule has 0 spiro atoms. The fourth-order valence-corrected chi connectivity index (χ4v) is 3.62. The molecular formula is C12H17NO3S. The van der Waals surface area contributed by atoms with Crippen molar-refractivity contribution < 1.29 is 13.2 Å². The molecular weight excluding hydrogens is 238 g/mol. The van der Waals surface area contributed by atoms with Gasteiger partial charge in [-0.15, -0.1) is 0 Å². The Morgan fingerprint density at radius 2 is 2.06 bits per heavy atom. The van der Waals surface area contributed by atoms with E-state index in [2.05, 4.69) is 0 Å². The molecule has 5 heteroatoms. The van der Waals surface area contributed by atoms with Crippen molar-refractivity contribution in [3.05, 3.63) is 29.8 Å². The van der Waals surface area contributed by atoms with E-state index in [1.807, 2.05) is 31.1 Å². The minimum atomic E-state index is -3.14. The summed E-state index contributed by atoms with van der Waals surface area (Å²) >= 11 is 0. The molecule has 2 rings (SSSR count). The van der Waals surface area contributed by atoms with Crippen LogP contribution in [-0.4, -0.2) is 46.3 Å². The highest BCUT2D eigenvalue weighted by Gasteiger charge is 2.34. The first-order valence-corrected chi connectivity index (χ1v) is 7.24. The molecule has 1 unspecified atom stereocenters. The summed E-state index contributed by atoms with van der Waals surface area (Å²) in [6.45, 7) is 1.33. The minimum Gasteiger partial charge on any atom is -0.371 e. The Hall–Kier alpha value is -0.910. The average molecular weight is 255 g/mol. The Bertz CT molecular complexity index is 496. The van der Waals surface area contributed by atoms with Crippen molar-refractivity contribution in [1.29, 1.82) is 0 Å². The second-order valence-corrected chi connectivity index (χ2v) is 6.48. The molecule has 0 aliphatic carbocycles. The number of sulfone groups is 1. The Morgan fingerprint density at radius 3 is 2.76 bits per heavy atom. The van der Waals surface area contributed by atoms with Gasteiger partial charge in [0.05, 0.1) is 23.4 Å². The van der Waals surface area contributed by atoms with Crippen LogP contribution in [0.2, 0.25) is 0 Å². The zero-order chi connectivity index (χ0) is 12.5. The SMILES string of the molecule is CN(C)CCOC1CS(=O)(=O)c2ccccc21. The van der Waals surface area contributed by atoms with Crippen LogP contribution in [0.25, 0.3) is 0 Å². The number of ether oxygens (including phenoxy) is 1. The monoisotopic (exact) mass is 255 g/mol. The van der Waals surface area contributed by atoms with E-state index >= 15 is 0 Å². The highest BCUT2D eigenvalue weighted by molar-refractivity contribution is 7.91. The van der Waals surface area contributed by atoms with Crippen molar-refractivity contribution >= 4 is 9.84 Å². The first-order valence-electron chi connectivity index (χ1n) is 5.59. The quantitative estimate of drug-likeness (QED) is 0.808. The van der Waals surface area contributed by atoms with E-state index in [0.29, 0.717) is 11.5 Å². The van der Waals surface area contributed by atoms with Gasteiger partial charge in [-0.2, -0.15) is 0 Å². The van der Waals surface area contributed by atoms with Gasteiger partial charge in [-0.3, -0.25) is 0 Å². The van der Waals surface area contributed by atoms with Crippen LogP contribution in [0.15, 0.2) is 29.2 Å². The van der Waals surface area contributed by atoms with Gasteiger partial charge in [0.25, 0.3) is 0 Å². The zero-order valence-corrected chi connectivity index (χ0v) is 10.9. The maximum absolute atomic E-state index is 11.9. The van der Waals surface area contributed by atoms with Crippen LogP contribution >= 0.6 is 0 Å². The molecule has 1 aromatic rings. The first kappa shape index (κ1) is 12.5. The number of fused-ring (bicyclic) bond motifs is 1. The predicted octanol–water partition coefficient (Wildman–Crippen LogP) is 1.09. The molecule has 4 nitrogen and oxygen atoms in total. The molecule has 1 aliphatic heterocycles. The van der Waals surface area contributed by atoms with Gasteiger partial charge in [0.2, 0.25) is 0 Å². The van der Waals surface area contributed by atoms with E-state index in [9.17, 15) is 8.42 Å². The lowest BCUT2D eigenvalue weighted by molar-refractivity contribution is 0.0587. The summed E-state index contributed by atoms with van der Waals surface area (Å²) in [6, 6.07) is 7.08. The van der Waals surface area contributed by atoms with E-state index in [1.165, 1.54) is 0 Å². The number of nitrogens with zero attached hydrogens (tertiary/aromatic N) is 1. The molecule has 0 saturated carbocycles. The van der Waals surface area contributed by atoms with Gasteiger partial charge in [-0.1, -0.05) is 18.2 Å². The van der Waals surface area contributed by atoms with Gasteiger partial charge in [0, 0.05) is 12.1 Å². The van der Waals surface area contributed by atoms with Crippen LogP contribution in [0, 0.1) is 0 Å². The molecule has 1 aliphatic rings. The third-order valence-corrected chi connectivity index (χ3v) is 4.61. The van der Waals surface area contributed by atoms with Crippen LogP contribution in [0.3, 0.4) is 0 Å². The molecule has 0 N–H and O–H groups in total. The second kappa shape index (κ2) is 4.76. The average Bonchev–Trinajstić information content (AvgIpc) is 2.51. The highest BCUT2D eigenvalue weighted by Crippen LogP contribution is 2.35. The Morgan fingerprint density at radius 1 is 1.35 bits per heavy atom. The number of likely N-dealkylation sites (N-methyl/N-ethyl adjacent to an activating group) is 1. The van der Waals surface area contributed by atoms with E-state index in [1.54, 1.807) is 12.1 Å². The zero-order valence-electron chi connectivity index (χ0n) is 10.1. The Balaban J connectivity index is 2.13. The summed E-state index contributed by atoms with van der Waals surface area (Å²) in [7, 11) is 0.778. The number of rotatable bonds is 4. The fourth-order valence-electron chi connectivity index (χ4n) is 1.92. The lowest BCUT2D eigenvalue weighted by Crippen LogP contribution is -2.20. The van der Waals surface area contributed by atoms with Gasteiger partial charge >= 0.3 is 0 Å². The summed E-state index contributed by atoms with van der Waals surface area (Å²) in [5, 5.41) is 0. The smallest absolute Gasteiger partial charge is 0.181 e. The first-order chi connectivity index (χ1) is 8.00. The third kappa shape index (κ3) is 2.68. The van der Waals surface area contributed by atoms with Crippen LogP contribution in [0.4, 0.5) is 0 Å².